The molecule has 4 heteroatoms. The van der Waals surface area contributed by atoms with Crippen molar-refractivity contribution in [1.29, 1.82) is 0 Å². The number of carbonyl (C=O) groups is 2. The van der Waals surface area contributed by atoms with Crippen molar-refractivity contribution in [2.75, 3.05) is 26.2 Å². The second-order valence-corrected chi connectivity index (χ2v) is 7.27. The first-order chi connectivity index (χ1) is 8.95. The first kappa shape index (κ1) is 18.9. The maximum atomic E-state index is 12.3. The minimum Gasteiger partial charge on any atom is -0.341 e. The highest BCUT2D eigenvalue weighted by molar-refractivity contribution is 5.82. The van der Waals surface area contributed by atoms with Crippen molar-refractivity contribution in [2.45, 2.75) is 55.4 Å². The number of rotatable bonds is 5. The summed E-state index contributed by atoms with van der Waals surface area (Å²) < 4.78 is 0. The van der Waals surface area contributed by atoms with Crippen LogP contribution in [0, 0.1) is 10.8 Å². The summed E-state index contributed by atoms with van der Waals surface area (Å²) in [6.07, 6.45) is 0. The molecule has 0 spiro atoms. The molecule has 4 nitrogen and oxygen atoms in total. The summed E-state index contributed by atoms with van der Waals surface area (Å²) in [7, 11) is 0. The minimum absolute atomic E-state index is 0.138. The van der Waals surface area contributed by atoms with Crippen molar-refractivity contribution >= 4 is 11.8 Å². The highest BCUT2D eigenvalue weighted by atomic mass is 16.2. The van der Waals surface area contributed by atoms with Crippen molar-refractivity contribution in [1.82, 2.24) is 9.80 Å². The Morgan fingerprint density at radius 3 is 1.10 bits per heavy atom. The van der Waals surface area contributed by atoms with Gasteiger partial charge in [-0.1, -0.05) is 41.5 Å². The first-order valence-electron chi connectivity index (χ1n) is 7.53. The van der Waals surface area contributed by atoms with Gasteiger partial charge in [0.15, 0.2) is 0 Å². The molecule has 0 unspecified atom stereocenters. The average Bonchev–Trinajstić information content (AvgIpc) is 2.31. The van der Waals surface area contributed by atoms with Crippen LogP contribution in [-0.4, -0.2) is 47.8 Å². The molecule has 0 radical (unpaired) electrons. The van der Waals surface area contributed by atoms with Gasteiger partial charge >= 0.3 is 0 Å². The van der Waals surface area contributed by atoms with Crippen LogP contribution < -0.4 is 0 Å². The molecule has 0 saturated heterocycles. The lowest BCUT2D eigenvalue weighted by atomic mass is 9.94. The predicted octanol–water partition coefficient (Wildman–Crippen LogP) is 2.78. The Labute approximate surface area is 124 Å². The van der Waals surface area contributed by atoms with Gasteiger partial charge in [-0.15, -0.1) is 0 Å². The van der Waals surface area contributed by atoms with Gasteiger partial charge in [0.2, 0.25) is 11.8 Å². The predicted molar refractivity (Wildman–Crippen MR) is 83.4 cm³/mol. The molecular formula is C16H32N2O2. The second kappa shape index (κ2) is 7.09. The summed E-state index contributed by atoms with van der Waals surface area (Å²) in [6.45, 7) is 18.1. The summed E-state index contributed by atoms with van der Waals surface area (Å²) in [6, 6.07) is 0. The number of nitrogens with zero attached hydrogens (tertiary/aromatic N) is 2. The summed E-state index contributed by atoms with van der Waals surface area (Å²) in [4.78, 5) is 28.2. The molecule has 0 aromatic heterocycles. The molecule has 0 bridgehead atoms. The molecule has 0 saturated carbocycles. The fraction of sp³-hybridized carbons (Fsp3) is 0.875. The van der Waals surface area contributed by atoms with Gasteiger partial charge in [0.25, 0.3) is 0 Å². The van der Waals surface area contributed by atoms with Gasteiger partial charge < -0.3 is 9.80 Å². The molecular weight excluding hydrogens is 252 g/mol. The zero-order valence-corrected chi connectivity index (χ0v) is 14.5. The van der Waals surface area contributed by atoms with Gasteiger partial charge in [-0.05, 0) is 13.8 Å². The number of hydrogen-bond acceptors (Lipinski definition) is 2. The van der Waals surface area contributed by atoms with E-state index in [4.69, 9.17) is 0 Å². The van der Waals surface area contributed by atoms with Crippen molar-refractivity contribution in [3.8, 4) is 0 Å². The monoisotopic (exact) mass is 284 g/mol. The second-order valence-electron chi connectivity index (χ2n) is 7.27. The largest absolute Gasteiger partial charge is 0.341 e. The topological polar surface area (TPSA) is 40.6 Å². The first-order valence-corrected chi connectivity index (χ1v) is 7.53. The van der Waals surface area contributed by atoms with Crippen molar-refractivity contribution < 1.29 is 9.59 Å². The Balaban J connectivity index is 4.71. The molecule has 0 atom stereocenters. The van der Waals surface area contributed by atoms with Crippen LogP contribution in [0.4, 0.5) is 0 Å². The van der Waals surface area contributed by atoms with E-state index in [0.717, 1.165) is 0 Å². The van der Waals surface area contributed by atoms with E-state index in [0.29, 0.717) is 26.2 Å². The SMILES string of the molecule is CCN(CCN(CC)C(=O)C(C)(C)C)C(=O)C(C)(C)C. The lowest BCUT2D eigenvalue weighted by molar-refractivity contribution is -0.143. The molecule has 0 aromatic rings. The maximum Gasteiger partial charge on any atom is 0.227 e. The number of carbonyl (C=O) groups excluding carboxylic acids is 2. The van der Waals surface area contributed by atoms with Crippen LogP contribution in [0.1, 0.15) is 55.4 Å². The zero-order chi connectivity index (χ0) is 16.1. The summed E-state index contributed by atoms with van der Waals surface area (Å²) in [5, 5.41) is 0. The van der Waals surface area contributed by atoms with Gasteiger partial charge in [-0.25, -0.2) is 0 Å². The zero-order valence-electron chi connectivity index (χ0n) is 14.5. The Kier molecular flexibility index (Phi) is 6.72. The third-order valence-electron chi connectivity index (χ3n) is 3.26. The van der Waals surface area contributed by atoms with Crippen LogP contribution in [-0.2, 0) is 9.59 Å². The molecule has 0 aliphatic heterocycles. The van der Waals surface area contributed by atoms with E-state index in [1.54, 1.807) is 0 Å². The van der Waals surface area contributed by atoms with E-state index in [1.807, 2.05) is 65.2 Å². The molecule has 0 aliphatic carbocycles. The number of hydrogen-bond donors (Lipinski definition) is 0. The van der Waals surface area contributed by atoms with E-state index in [-0.39, 0.29) is 22.6 Å². The van der Waals surface area contributed by atoms with Gasteiger partial charge in [-0.3, -0.25) is 9.59 Å². The third-order valence-corrected chi connectivity index (χ3v) is 3.26. The smallest absolute Gasteiger partial charge is 0.227 e. The van der Waals surface area contributed by atoms with Gasteiger partial charge in [0.1, 0.15) is 0 Å². The molecule has 0 rings (SSSR count). The highest BCUT2D eigenvalue weighted by Crippen LogP contribution is 2.19. The molecule has 0 heterocycles. The molecule has 118 valence electrons. The molecule has 20 heavy (non-hydrogen) atoms. The van der Waals surface area contributed by atoms with E-state index in [1.165, 1.54) is 0 Å². The van der Waals surface area contributed by atoms with Crippen molar-refractivity contribution in [3.63, 3.8) is 0 Å². The molecule has 2 amide bonds. The molecule has 0 fully saturated rings. The van der Waals surface area contributed by atoms with E-state index >= 15 is 0 Å². The Morgan fingerprint density at radius 1 is 0.700 bits per heavy atom. The lowest BCUT2D eigenvalue weighted by Crippen LogP contribution is -2.47. The summed E-state index contributed by atoms with van der Waals surface area (Å²) >= 11 is 0. The molecule has 0 aromatic carbocycles. The standard InChI is InChI=1S/C16H32N2O2/c1-9-17(13(19)15(3,4)5)11-12-18(10-2)14(20)16(6,7)8/h9-12H2,1-8H3. The molecule has 0 N–H and O–H groups in total. The van der Waals surface area contributed by atoms with Crippen LogP contribution >= 0.6 is 0 Å². The lowest BCUT2D eigenvalue weighted by Gasteiger charge is -2.33. The van der Waals surface area contributed by atoms with E-state index < -0.39 is 0 Å². The quantitative estimate of drug-likeness (QED) is 0.779. The molecule has 0 aliphatic rings. The van der Waals surface area contributed by atoms with Crippen molar-refractivity contribution in [3.05, 3.63) is 0 Å². The summed E-state index contributed by atoms with van der Waals surface area (Å²) in [5.74, 6) is 0.276. The Bertz CT molecular complexity index is 303. The van der Waals surface area contributed by atoms with Crippen molar-refractivity contribution in [2.24, 2.45) is 10.8 Å². The van der Waals surface area contributed by atoms with E-state index in [9.17, 15) is 9.59 Å². The highest BCUT2D eigenvalue weighted by Gasteiger charge is 2.29. The minimum atomic E-state index is -0.374. The maximum absolute atomic E-state index is 12.3. The van der Waals surface area contributed by atoms with Gasteiger partial charge in [-0.2, -0.15) is 0 Å². The van der Waals surface area contributed by atoms with Crippen LogP contribution in [0.3, 0.4) is 0 Å². The number of likely N-dealkylation sites (N-methyl/N-ethyl adjacent to an activating group) is 2. The Morgan fingerprint density at radius 2 is 0.950 bits per heavy atom. The third kappa shape index (κ3) is 5.51. The number of amides is 2. The summed E-state index contributed by atoms with van der Waals surface area (Å²) in [5.41, 5.74) is -0.748. The van der Waals surface area contributed by atoms with Crippen LogP contribution in [0.2, 0.25) is 0 Å². The fourth-order valence-corrected chi connectivity index (χ4v) is 2.00. The van der Waals surface area contributed by atoms with Gasteiger partial charge in [0.05, 0.1) is 0 Å². The average molecular weight is 284 g/mol. The van der Waals surface area contributed by atoms with E-state index in [2.05, 4.69) is 0 Å². The Hall–Kier alpha value is -1.06. The van der Waals surface area contributed by atoms with Crippen LogP contribution in [0.5, 0.6) is 0 Å². The van der Waals surface area contributed by atoms with Gasteiger partial charge in [0, 0.05) is 37.0 Å². The van der Waals surface area contributed by atoms with Crippen LogP contribution in [0.25, 0.3) is 0 Å². The van der Waals surface area contributed by atoms with Crippen LogP contribution in [0.15, 0.2) is 0 Å². The fourth-order valence-electron chi connectivity index (χ4n) is 2.00. The normalized spacial score (nSPS) is 12.2.